The summed E-state index contributed by atoms with van der Waals surface area (Å²) in [7, 11) is 2.20. The van der Waals surface area contributed by atoms with Gasteiger partial charge in [-0.3, -0.25) is 0 Å². The second-order valence-electron chi connectivity index (χ2n) is 5.42. The molecule has 0 bridgehead atoms. The van der Waals surface area contributed by atoms with Crippen LogP contribution in [-0.4, -0.2) is 17.3 Å². The maximum Gasteiger partial charge on any atom is 0.209 e. The zero-order chi connectivity index (χ0) is 12.3. The van der Waals surface area contributed by atoms with Gasteiger partial charge in [0.05, 0.1) is 12.3 Å². The number of aryl methyl sites for hydroxylation is 1. The molecule has 0 N–H and O–H groups in total. The lowest BCUT2D eigenvalue weighted by Crippen LogP contribution is -2.10. The van der Waals surface area contributed by atoms with Gasteiger partial charge in [-0.2, -0.15) is 0 Å². The third-order valence-corrected chi connectivity index (χ3v) is 4.36. The Bertz CT molecular complexity index is 695. The predicted molar refractivity (Wildman–Crippen MR) is 74.0 cm³/mol. The first-order chi connectivity index (χ1) is 8.75. The van der Waals surface area contributed by atoms with Crippen LogP contribution < -0.4 is 0 Å². The molecule has 1 atom stereocenters. The molecule has 18 heavy (non-hydrogen) atoms. The van der Waals surface area contributed by atoms with Crippen molar-refractivity contribution >= 4 is 11.4 Å². The van der Waals surface area contributed by atoms with Crippen LogP contribution in [0.1, 0.15) is 28.2 Å². The summed E-state index contributed by atoms with van der Waals surface area (Å²) in [6.45, 7) is 2.18. The van der Waals surface area contributed by atoms with Crippen LogP contribution in [0.15, 0.2) is 42.5 Å². The molecule has 0 saturated heterocycles. The molecule has 0 fully saturated rings. The number of hydrogen-bond acceptors (Lipinski definition) is 0. The normalized spacial score (nSPS) is 19.8. The van der Waals surface area contributed by atoms with E-state index in [1.807, 2.05) is 0 Å². The van der Waals surface area contributed by atoms with Gasteiger partial charge in [0.2, 0.25) is 5.69 Å². The van der Waals surface area contributed by atoms with Crippen LogP contribution in [0.5, 0.6) is 0 Å². The highest BCUT2D eigenvalue weighted by atomic mass is 15.0. The molecule has 2 aromatic carbocycles. The molecule has 2 aromatic rings. The van der Waals surface area contributed by atoms with Gasteiger partial charge < -0.3 is 0 Å². The molecule has 2 aliphatic rings. The van der Waals surface area contributed by atoms with Gasteiger partial charge >= 0.3 is 0 Å². The first-order valence-corrected chi connectivity index (χ1v) is 6.53. The van der Waals surface area contributed by atoms with Crippen LogP contribution in [0, 0.1) is 6.92 Å². The maximum atomic E-state index is 2.39. The Labute approximate surface area is 107 Å². The molecular formula is C17H16N+. The van der Waals surface area contributed by atoms with Gasteiger partial charge in [0.15, 0.2) is 5.71 Å². The van der Waals surface area contributed by atoms with E-state index < -0.39 is 0 Å². The predicted octanol–water partition coefficient (Wildman–Crippen LogP) is 3.41. The summed E-state index contributed by atoms with van der Waals surface area (Å²) in [6.07, 6.45) is 1.10. The first-order valence-electron chi connectivity index (χ1n) is 6.53. The lowest BCUT2D eigenvalue weighted by atomic mass is 9.92. The molecule has 0 spiro atoms. The monoisotopic (exact) mass is 234 g/mol. The number of benzene rings is 2. The van der Waals surface area contributed by atoms with E-state index in [0.29, 0.717) is 5.92 Å². The summed E-state index contributed by atoms with van der Waals surface area (Å²) in [5.41, 5.74) is 8.76. The average molecular weight is 234 g/mol. The molecule has 88 valence electrons. The van der Waals surface area contributed by atoms with E-state index in [4.69, 9.17) is 0 Å². The summed E-state index contributed by atoms with van der Waals surface area (Å²) in [5.74, 6) is 0.501. The SMILES string of the molecule is Cc1ccc2c(c1)C1C(=[N+]2C)Cc2ccccc21. The van der Waals surface area contributed by atoms with Gasteiger partial charge in [0.25, 0.3) is 0 Å². The van der Waals surface area contributed by atoms with Crippen molar-refractivity contribution in [3.8, 4) is 0 Å². The molecule has 1 aliphatic carbocycles. The van der Waals surface area contributed by atoms with Crippen molar-refractivity contribution in [1.29, 1.82) is 0 Å². The molecule has 4 rings (SSSR count). The van der Waals surface area contributed by atoms with Crippen molar-refractivity contribution in [2.24, 2.45) is 0 Å². The highest BCUT2D eigenvalue weighted by Crippen LogP contribution is 2.44. The molecule has 1 heterocycles. The Morgan fingerprint density at radius 2 is 1.89 bits per heavy atom. The van der Waals surface area contributed by atoms with Crippen LogP contribution in [0.2, 0.25) is 0 Å². The van der Waals surface area contributed by atoms with Gasteiger partial charge in [-0.05, 0) is 24.1 Å². The number of fused-ring (bicyclic) bond motifs is 5. The van der Waals surface area contributed by atoms with Crippen molar-refractivity contribution in [2.45, 2.75) is 19.3 Å². The molecule has 1 nitrogen and oxygen atoms in total. The summed E-state index contributed by atoms with van der Waals surface area (Å²) in [5, 5.41) is 0. The summed E-state index contributed by atoms with van der Waals surface area (Å²) >= 11 is 0. The van der Waals surface area contributed by atoms with Crippen molar-refractivity contribution in [1.82, 2.24) is 0 Å². The van der Waals surface area contributed by atoms with Gasteiger partial charge in [0.1, 0.15) is 7.05 Å². The second-order valence-corrected chi connectivity index (χ2v) is 5.42. The number of rotatable bonds is 0. The Morgan fingerprint density at radius 1 is 1.06 bits per heavy atom. The number of nitrogens with zero attached hydrogens (tertiary/aromatic N) is 1. The molecule has 0 aromatic heterocycles. The summed E-state index contributed by atoms with van der Waals surface area (Å²) in [6, 6.07) is 15.7. The minimum atomic E-state index is 0.501. The fourth-order valence-corrected chi connectivity index (χ4v) is 3.48. The van der Waals surface area contributed by atoms with Crippen LogP contribution in [0.4, 0.5) is 5.69 Å². The minimum absolute atomic E-state index is 0.501. The van der Waals surface area contributed by atoms with Crippen LogP contribution in [-0.2, 0) is 6.42 Å². The molecule has 1 unspecified atom stereocenters. The summed E-state index contributed by atoms with van der Waals surface area (Å²) < 4.78 is 2.39. The van der Waals surface area contributed by atoms with E-state index in [1.165, 1.54) is 33.7 Å². The molecular weight excluding hydrogens is 218 g/mol. The van der Waals surface area contributed by atoms with Gasteiger partial charge in [-0.1, -0.05) is 35.9 Å². The van der Waals surface area contributed by atoms with Crippen molar-refractivity contribution in [3.63, 3.8) is 0 Å². The zero-order valence-electron chi connectivity index (χ0n) is 10.8. The van der Waals surface area contributed by atoms with Gasteiger partial charge in [-0.25, -0.2) is 4.58 Å². The van der Waals surface area contributed by atoms with E-state index in [-0.39, 0.29) is 0 Å². The fourth-order valence-electron chi connectivity index (χ4n) is 3.48. The van der Waals surface area contributed by atoms with Crippen molar-refractivity contribution < 1.29 is 4.58 Å². The quantitative estimate of drug-likeness (QED) is 0.614. The minimum Gasteiger partial charge on any atom is -0.201 e. The standard InChI is InChI=1S/C17H16N/c1-11-7-8-15-14(9-11)17-13-6-4-3-5-12(13)10-16(17)18(15)2/h3-9,17H,10H2,1-2H3/q+1. The highest BCUT2D eigenvalue weighted by Gasteiger charge is 2.43. The molecule has 0 amide bonds. The Morgan fingerprint density at radius 3 is 2.78 bits per heavy atom. The van der Waals surface area contributed by atoms with Crippen LogP contribution in [0.25, 0.3) is 0 Å². The van der Waals surface area contributed by atoms with E-state index in [9.17, 15) is 0 Å². The lowest BCUT2D eigenvalue weighted by molar-refractivity contribution is -0.402. The third-order valence-electron chi connectivity index (χ3n) is 4.36. The molecule has 1 aliphatic heterocycles. The largest absolute Gasteiger partial charge is 0.209 e. The molecule has 1 heteroatoms. The van der Waals surface area contributed by atoms with E-state index in [1.54, 1.807) is 0 Å². The van der Waals surface area contributed by atoms with Crippen molar-refractivity contribution in [2.75, 3.05) is 7.05 Å². The summed E-state index contributed by atoms with van der Waals surface area (Å²) in [4.78, 5) is 0. The molecule has 0 radical (unpaired) electrons. The average Bonchev–Trinajstić information content (AvgIpc) is 2.87. The van der Waals surface area contributed by atoms with E-state index in [2.05, 4.69) is 61.0 Å². The van der Waals surface area contributed by atoms with Gasteiger partial charge in [-0.15, -0.1) is 0 Å². The van der Waals surface area contributed by atoms with Crippen LogP contribution >= 0.6 is 0 Å². The van der Waals surface area contributed by atoms with E-state index in [0.717, 1.165) is 6.42 Å². The topological polar surface area (TPSA) is 3.01 Å². The third kappa shape index (κ3) is 1.14. The number of hydrogen-bond donors (Lipinski definition) is 0. The maximum absolute atomic E-state index is 2.39. The Hall–Kier alpha value is -1.89. The second kappa shape index (κ2) is 3.32. The highest BCUT2D eigenvalue weighted by molar-refractivity contribution is 6.00. The van der Waals surface area contributed by atoms with Crippen molar-refractivity contribution in [3.05, 3.63) is 64.7 Å². The fraction of sp³-hybridized carbons (Fsp3) is 0.235. The zero-order valence-corrected chi connectivity index (χ0v) is 10.8. The first kappa shape index (κ1) is 10.1. The lowest BCUT2D eigenvalue weighted by Gasteiger charge is -2.06. The van der Waals surface area contributed by atoms with Crippen LogP contribution in [0.3, 0.4) is 0 Å². The Kier molecular flexibility index (Phi) is 1.86. The smallest absolute Gasteiger partial charge is 0.201 e. The van der Waals surface area contributed by atoms with Gasteiger partial charge in [0, 0.05) is 11.6 Å². The Balaban J connectivity index is 2.01. The molecule has 0 saturated carbocycles. The van der Waals surface area contributed by atoms with E-state index >= 15 is 0 Å².